The number of anilines is 1. The summed E-state index contributed by atoms with van der Waals surface area (Å²) in [6, 6.07) is 9.27. The minimum absolute atomic E-state index is 0.0869. The maximum Gasteiger partial charge on any atom is 0.226 e. The molecule has 0 aliphatic rings. The first-order valence-corrected chi connectivity index (χ1v) is 6.21. The lowest BCUT2D eigenvalue weighted by atomic mass is 10.1. The van der Waals surface area contributed by atoms with Crippen LogP contribution in [0, 0.1) is 11.3 Å². The Bertz CT molecular complexity index is 557. The van der Waals surface area contributed by atoms with E-state index in [1.54, 1.807) is 17.6 Å². The number of hydrogen-bond acceptors (Lipinski definition) is 5. The predicted molar refractivity (Wildman–Crippen MR) is 68.0 cm³/mol. The van der Waals surface area contributed by atoms with Gasteiger partial charge in [-0.2, -0.15) is 5.26 Å². The van der Waals surface area contributed by atoms with Crippen LogP contribution in [0.15, 0.2) is 29.8 Å². The maximum absolute atomic E-state index is 11.6. The average Bonchev–Trinajstić information content (AvgIpc) is 2.90. The summed E-state index contributed by atoms with van der Waals surface area (Å²) in [4.78, 5) is 11.6. The van der Waals surface area contributed by atoms with E-state index in [0.717, 1.165) is 5.56 Å². The normalized spacial score (nSPS) is 9.72. The maximum atomic E-state index is 11.6. The van der Waals surface area contributed by atoms with Crippen molar-refractivity contribution in [2.75, 3.05) is 5.32 Å². The van der Waals surface area contributed by atoms with Crippen LogP contribution in [-0.4, -0.2) is 16.1 Å². The number of nitriles is 1. The van der Waals surface area contributed by atoms with E-state index in [2.05, 4.69) is 21.6 Å². The van der Waals surface area contributed by atoms with E-state index < -0.39 is 0 Å². The van der Waals surface area contributed by atoms with E-state index in [1.165, 1.54) is 11.3 Å². The molecule has 18 heavy (non-hydrogen) atoms. The van der Waals surface area contributed by atoms with Crippen LogP contribution in [0.1, 0.15) is 17.5 Å². The number of aromatic nitrogens is 2. The first-order chi connectivity index (χ1) is 8.78. The molecule has 0 atom stereocenters. The van der Waals surface area contributed by atoms with Crippen molar-refractivity contribution in [3.63, 3.8) is 0 Å². The average molecular weight is 258 g/mol. The number of carbonyl (C=O) groups is 1. The van der Waals surface area contributed by atoms with Crippen molar-refractivity contribution in [3.05, 3.63) is 40.9 Å². The third kappa shape index (κ3) is 3.37. The summed E-state index contributed by atoms with van der Waals surface area (Å²) in [5, 5.41) is 19.2. The number of hydrogen-bond donors (Lipinski definition) is 1. The first kappa shape index (κ1) is 12.2. The molecule has 0 fully saturated rings. The van der Waals surface area contributed by atoms with Gasteiger partial charge in [-0.25, -0.2) is 0 Å². The van der Waals surface area contributed by atoms with E-state index in [4.69, 9.17) is 5.26 Å². The molecule has 90 valence electrons. The summed E-state index contributed by atoms with van der Waals surface area (Å²) in [6.07, 6.45) is 1.02. The number of rotatable bonds is 4. The second kappa shape index (κ2) is 5.89. The molecule has 1 heterocycles. The van der Waals surface area contributed by atoms with Crippen LogP contribution in [0.5, 0.6) is 0 Å². The summed E-state index contributed by atoms with van der Waals surface area (Å²) in [5.74, 6) is -0.0869. The molecule has 5 nitrogen and oxygen atoms in total. The van der Waals surface area contributed by atoms with Gasteiger partial charge in [0.05, 0.1) is 11.6 Å². The van der Waals surface area contributed by atoms with E-state index in [-0.39, 0.29) is 5.91 Å². The van der Waals surface area contributed by atoms with Crippen LogP contribution < -0.4 is 5.32 Å². The lowest BCUT2D eigenvalue weighted by molar-refractivity contribution is -0.116. The molecule has 2 aromatic rings. The quantitative estimate of drug-likeness (QED) is 0.909. The highest BCUT2D eigenvalue weighted by atomic mass is 32.1. The van der Waals surface area contributed by atoms with Crippen LogP contribution in [0.4, 0.5) is 5.13 Å². The van der Waals surface area contributed by atoms with Crippen molar-refractivity contribution in [2.24, 2.45) is 0 Å². The van der Waals surface area contributed by atoms with Gasteiger partial charge in [0.1, 0.15) is 5.51 Å². The van der Waals surface area contributed by atoms with Crippen molar-refractivity contribution in [1.29, 1.82) is 5.26 Å². The molecule has 2 rings (SSSR count). The molecular formula is C12H10N4OS. The van der Waals surface area contributed by atoms with E-state index in [9.17, 15) is 4.79 Å². The van der Waals surface area contributed by atoms with E-state index in [0.29, 0.717) is 23.5 Å². The molecule has 0 aliphatic carbocycles. The van der Waals surface area contributed by atoms with Gasteiger partial charge >= 0.3 is 0 Å². The highest BCUT2D eigenvalue weighted by Gasteiger charge is 2.05. The van der Waals surface area contributed by atoms with Gasteiger partial charge in [0.2, 0.25) is 11.0 Å². The number of aryl methyl sites for hydroxylation is 1. The van der Waals surface area contributed by atoms with Gasteiger partial charge in [0, 0.05) is 6.42 Å². The Morgan fingerprint density at radius 2 is 2.17 bits per heavy atom. The Balaban J connectivity index is 1.83. The molecule has 0 spiro atoms. The van der Waals surface area contributed by atoms with Crippen molar-refractivity contribution >= 4 is 22.4 Å². The second-order valence-corrected chi connectivity index (χ2v) is 4.43. The Morgan fingerprint density at radius 3 is 2.78 bits per heavy atom. The smallest absolute Gasteiger partial charge is 0.226 e. The Kier molecular flexibility index (Phi) is 3.99. The number of nitrogens with zero attached hydrogens (tertiary/aromatic N) is 3. The topological polar surface area (TPSA) is 78.7 Å². The zero-order valence-electron chi connectivity index (χ0n) is 9.46. The zero-order chi connectivity index (χ0) is 12.8. The fourth-order valence-corrected chi connectivity index (χ4v) is 1.87. The van der Waals surface area contributed by atoms with Crippen molar-refractivity contribution in [3.8, 4) is 6.07 Å². The van der Waals surface area contributed by atoms with Gasteiger partial charge < -0.3 is 5.32 Å². The summed E-state index contributed by atoms with van der Waals surface area (Å²) in [6.45, 7) is 0. The number of amides is 1. The summed E-state index contributed by atoms with van der Waals surface area (Å²) < 4.78 is 0. The van der Waals surface area contributed by atoms with Gasteiger partial charge in [-0.15, -0.1) is 10.2 Å². The number of nitrogens with one attached hydrogen (secondary N) is 1. The number of benzene rings is 1. The van der Waals surface area contributed by atoms with E-state index in [1.807, 2.05) is 12.1 Å². The summed E-state index contributed by atoms with van der Waals surface area (Å²) in [5.41, 5.74) is 3.22. The van der Waals surface area contributed by atoms with Gasteiger partial charge in [-0.3, -0.25) is 4.79 Å². The Labute approximate surface area is 108 Å². The van der Waals surface area contributed by atoms with Crippen LogP contribution in [-0.2, 0) is 11.2 Å². The molecule has 0 saturated carbocycles. The first-order valence-electron chi connectivity index (χ1n) is 5.33. The monoisotopic (exact) mass is 258 g/mol. The predicted octanol–water partition coefficient (Wildman–Crippen LogP) is 1.98. The van der Waals surface area contributed by atoms with E-state index >= 15 is 0 Å². The molecule has 1 aromatic heterocycles. The molecule has 0 aliphatic heterocycles. The molecular weight excluding hydrogens is 248 g/mol. The van der Waals surface area contributed by atoms with Crippen molar-refractivity contribution in [1.82, 2.24) is 10.2 Å². The van der Waals surface area contributed by atoms with Crippen LogP contribution in [0.2, 0.25) is 0 Å². The standard InChI is InChI=1S/C12H10N4OS/c13-7-10-3-1-9(2-4-10)5-6-11(17)15-12-16-14-8-18-12/h1-4,8H,5-6H2,(H,15,16,17). The van der Waals surface area contributed by atoms with Crippen molar-refractivity contribution < 1.29 is 4.79 Å². The largest absolute Gasteiger partial charge is 0.301 e. The Morgan fingerprint density at radius 1 is 1.39 bits per heavy atom. The minimum Gasteiger partial charge on any atom is -0.301 e. The minimum atomic E-state index is -0.0869. The molecule has 1 N–H and O–H groups in total. The molecule has 1 amide bonds. The fraction of sp³-hybridized carbons (Fsp3) is 0.167. The van der Waals surface area contributed by atoms with Crippen LogP contribution >= 0.6 is 11.3 Å². The molecule has 0 saturated heterocycles. The third-order valence-corrected chi connectivity index (χ3v) is 2.94. The molecule has 1 aromatic carbocycles. The second-order valence-electron chi connectivity index (χ2n) is 3.60. The lowest BCUT2D eigenvalue weighted by Crippen LogP contribution is -2.12. The van der Waals surface area contributed by atoms with Gasteiger partial charge in [-0.1, -0.05) is 23.5 Å². The Hall–Kier alpha value is -2.26. The van der Waals surface area contributed by atoms with Gasteiger partial charge in [0.25, 0.3) is 0 Å². The summed E-state index contributed by atoms with van der Waals surface area (Å²) in [7, 11) is 0. The lowest BCUT2D eigenvalue weighted by Gasteiger charge is -2.01. The number of carbonyl (C=O) groups excluding carboxylic acids is 1. The SMILES string of the molecule is N#Cc1ccc(CCC(=O)Nc2nncs2)cc1. The molecule has 0 bridgehead atoms. The van der Waals surface area contributed by atoms with Gasteiger partial charge in [-0.05, 0) is 24.1 Å². The van der Waals surface area contributed by atoms with Crippen LogP contribution in [0.25, 0.3) is 0 Å². The third-order valence-electron chi connectivity index (χ3n) is 2.33. The van der Waals surface area contributed by atoms with Crippen molar-refractivity contribution in [2.45, 2.75) is 12.8 Å². The fourth-order valence-electron chi connectivity index (χ4n) is 1.41. The molecule has 0 unspecified atom stereocenters. The molecule has 6 heteroatoms. The molecule has 0 radical (unpaired) electrons. The summed E-state index contributed by atoms with van der Waals surface area (Å²) >= 11 is 1.29. The van der Waals surface area contributed by atoms with Gasteiger partial charge in [0.15, 0.2) is 0 Å². The van der Waals surface area contributed by atoms with Crippen LogP contribution in [0.3, 0.4) is 0 Å². The zero-order valence-corrected chi connectivity index (χ0v) is 10.3. The highest BCUT2D eigenvalue weighted by Crippen LogP contribution is 2.10. The highest BCUT2D eigenvalue weighted by molar-refractivity contribution is 7.13.